The van der Waals surface area contributed by atoms with E-state index in [0.29, 0.717) is 17.4 Å². The Morgan fingerprint density at radius 1 is 0.422 bits per heavy atom. The van der Waals surface area contributed by atoms with Gasteiger partial charge in [0.1, 0.15) is 13.2 Å². The number of allylic oxidation sites excluding steroid dienone is 17. The monoisotopic (exact) mass is 1180 g/mol. The van der Waals surface area contributed by atoms with E-state index in [-0.39, 0.29) is 19.1 Å². The molecule has 0 saturated heterocycles. The standard InChI is InChI=1S/C74H133N2O6P/c1-6-8-10-12-14-16-18-20-22-24-26-28-30-31-32-33-34-35-36-37-38-39-40-41-42-43-44-45-46-48-50-52-54-56-58-60-62-64-66-68-74(78)75-72(71-82-83(79,80)81-70-69-76(3,4)5)73(77)67-65-63-61-59-57-55-53-51-49-47-29-27-25-23-21-19-17-15-13-11-9-7-2/h8,10,14,16,20,22,26,28,31-32,34-35,37-38,40-41,65,67,72-73,77H,6-7,9,11-13,15,17-19,21,23-25,27,29-30,33,36,39,42-64,66,68-71H2,1-5H3,(H-,75,78,79,80)/p+1/b10-8-,16-14-,22-20-,28-26-,32-31-,35-34-,38-37-,41-40-,67-65+. The number of amides is 1. The maximum atomic E-state index is 13.0. The molecule has 0 heterocycles. The van der Waals surface area contributed by atoms with Crippen LogP contribution in [0, 0.1) is 0 Å². The number of rotatable bonds is 63. The Labute approximate surface area is 514 Å². The molecule has 8 nitrogen and oxygen atoms in total. The smallest absolute Gasteiger partial charge is 0.387 e. The van der Waals surface area contributed by atoms with Gasteiger partial charge in [-0.1, -0.05) is 322 Å². The van der Waals surface area contributed by atoms with Gasteiger partial charge in [0.25, 0.3) is 0 Å². The third-order valence-electron chi connectivity index (χ3n) is 15.2. The number of carbonyl (C=O) groups is 1. The third kappa shape index (κ3) is 66.5. The highest BCUT2D eigenvalue weighted by Gasteiger charge is 2.28. The molecule has 0 aliphatic rings. The summed E-state index contributed by atoms with van der Waals surface area (Å²) < 4.78 is 23.8. The van der Waals surface area contributed by atoms with Gasteiger partial charge in [-0.2, -0.15) is 0 Å². The van der Waals surface area contributed by atoms with Crippen molar-refractivity contribution in [3.8, 4) is 0 Å². The summed E-state index contributed by atoms with van der Waals surface area (Å²) in [5, 5.41) is 14.0. The Kier molecular flexibility index (Phi) is 61.5. The SMILES string of the molecule is CC/C=C\C/C=C\C/C=C\C/C=C\C/C=C\C/C=C\C/C=C\C/C=C\CCCCCCCCCCCCCCCCC(=O)NC(COP(=O)(O)OCC[N+](C)(C)C)C(O)/C=C/CCCCCCCCCCCCCCCCCCCCCC. The van der Waals surface area contributed by atoms with Crippen molar-refractivity contribution in [1.82, 2.24) is 5.32 Å². The van der Waals surface area contributed by atoms with Gasteiger partial charge in [-0.15, -0.1) is 0 Å². The maximum absolute atomic E-state index is 13.0. The first-order valence-electron chi connectivity index (χ1n) is 34.8. The van der Waals surface area contributed by atoms with Crippen LogP contribution in [-0.4, -0.2) is 73.4 Å². The molecule has 0 aromatic rings. The molecule has 3 atom stereocenters. The van der Waals surface area contributed by atoms with Gasteiger partial charge >= 0.3 is 7.82 Å². The van der Waals surface area contributed by atoms with E-state index in [1.165, 1.54) is 193 Å². The molecule has 0 rings (SSSR count). The number of phosphoric acid groups is 1. The first-order valence-corrected chi connectivity index (χ1v) is 36.3. The number of hydrogen-bond acceptors (Lipinski definition) is 5. The van der Waals surface area contributed by atoms with Gasteiger partial charge in [-0.3, -0.25) is 13.8 Å². The highest BCUT2D eigenvalue weighted by Crippen LogP contribution is 2.43. The lowest BCUT2D eigenvalue weighted by Gasteiger charge is -2.25. The molecule has 0 saturated carbocycles. The van der Waals surface area contributed by atoms with Gasteiger partial charge in [0.15, 0.2) is 0 Å². The molecule has 83 heavy (non-hydrogen) atoms. The van der Waals surface area contributed by atoms with E-state index in [4.69, 9.17) is 9.05 Å². The lowest BCUT2D eigenvalue weighted by Crippen LogP contribution is -2.45. The number of aliphatic hydroxyl groups is 1. The minimum absolute atomic E-state index is 0.0586. The normalized spacial score (nSPS) is 14.3. The average Bonchev–Trinajstić information content (AvgIpc) is 3.50. The molecule has 0 aromatic heterocycles. The average molecular weight is 1180 g/mol. The lowest BCUT2D eigenvalue weighted by atomic mass is 10.0. The number of quaternary nitrogens is 1. The number of carbonyl (C=O) groups excluding carboxylic acids is 1. The zero-order chi connectivity index (χ0) is 60.5. The van der Waals surface area contributed by atoms with Crippen molar-refractivity contribution in [3.05, 3.63) is 109 Å². The Morgan fingerprint density at radius 3 is 1.06 bits per heavy atom. The van der Waals surface area contributed by atoms with E-state index in [9.17, 15) is 19.4 Å². The fraction of sp³-hybridized carbons (Fsp3) is 0.743. The molecular weight excluding hydrogens is 1040 g/mol. The highest BCUT2D eigenvalue weighted by molar-refractivity contribution is 7.47. The predicted molar refractivity (Wildman–Crippen MR) is 364 cm³/mol. The second kappa shape index (κ2) is 63.7. The zero-order valence-corrected chi connectivity index (χ0v) is 55.8. The number of hydrogen-bond donors (Lipinski definition) is 3. The Hall–Kier alpha value is -2.84. The summed E-state index contributed by atoms with van der Waals surface area (Å²) in [4.78, 5) is 23.4. The summed E-state index contributed by atoms with van der Waals surface area (Å²) in [6, 6.07) is -0.853. The number of phosphoric ester groups is 1. The summed E-state index contributed by atoms with van der Waals surface area (Å²) in [6.07, 6.45) is 93.6. The van der Waals surface area contributed by atoms with Gasteiger partial charge < -0.3 is 19.8 Å². The zero-order valence-electron chi connectivity index (χ0n) is 54.9. The summed E-state index contributed by atoms with van der Waals surface area (Å²) in [7, 11) is 1.57. The van der Waals surface area contributed by atoms with Crippen molar-refractivity contribution in [2.45, 2.75) is 315 Å². The molecule has 0 aliphatic carbocycles. The van der Waals surface area contributed by atoms with E-state index in [1.54, 1.807) is 6.08 Å². The minimum atomic E-state index is -4.36. The molecule has 9 heteroatoms. The van der Waals surface area contributed by atoms with Crippen LogP contribution in [0.5, 0.6) is 0 Å². The molecule has 0 bridgehead atoms. The Morgan fingerprint density at radius 2 is 0.723 bits per heavy atom. The van der Waals surface area contributed by atoms with Crippen LogP contribution in [0.3, 0.4) is 0 Å². The summed E-state index contributed by atoms with van der Waals surface area (Å²) in [5.41, 5.74) is 0. The largest absolute Gasteiger partial charge is 0.472 e. The summed E-state index contributed by atoms with van der Waals surface area (Å²) in [5.74, 6) is -0.178. The number of unbranched alkanes of at least 4 members (excludes halogenated alkanes) is 34. The number of nitrogens with zero attached hydrogens (tertiary/aromatic N) is 1. The summed E-state index contributed by atoms with van der Waals surface area (Å²) in [6.45, 7) is 4.73. The lowest BCUT2D eigenvalue weighted by molar-refractivity contribution is -0.870. The number of likely N-dealkylation sites (N-methyl/N-ethyl adjacent to an activating group) is 1. The predicted octanol–water partition coefficient (Wildman–Crippen LogP) is 22.3. The minimum Gasteiger partial charge on any atom is -0.387 e. The van der Waals surface area contributed by atoms with Crippen molar-refractivity contribution in [2.75, 3.05) is 40.9 Å². The van der Waals surface area contributed by atoms with Crippen molar-refractivity contribution < 1.29 is 32.9 Å². The van der Waals surface area contributed by atoms with Gasteiger partial charge in [0, 0.05) is 6.42 Å². The Bertz CT molecular complexity index is 1720. The number of nitrogens with one attached hydrogen (secondary N) is 1. The van der Waals surface area contributed by atoms with E-state index in [0.717, 1.165) is 89.9 Å². The van der Waals surface area contributed by atoms with Gasteiger partial charge in [0.2, 0.25) is 5.91 Å². The molecule has 0 radical (unpaired) electrons. The quantitative estimate of drug-likeness (QED) is 0.0243. The molecule has 480 valence electrons. The molecule has 3 unspecified atom stereocenters. The van der Waals surface area contributed by atoms with Crippen molar-refractivity contribution in [2.24, 2.45) is 0 Å². The van der Waals surface area contributed by atoms with Crippen LogP contribution in [-0.2, 0) is 18.4 Å². The topological polar surface area (TPSA) is 105 Å². The molecule has 3 N–H and O–H groups in total. The molecule has 0 spiro atoms. The number of aliphatic hydroxyl groups excluding tert-OH is 1. The second-order valence-corrected chi connectivity index (χ2v) is 26.0. The van der Waals surface area contributed by atoms with Crippen LogP contribution < -0.4 is 5.32 Å². The van der Waals surface area contributed by atoms with Crippen LogP contribution >= 0.6 is 7.82 Å². The first-order chi connectivity index (χ1) is 40.5. The Balaban J connectivity index is 4.07. The molecule has 0 aromatic carbocycles. The van der Waals surface area contributed by atoms with Crippen LogP contribution in [0.2, 0.25) is 0 Å². The van der Waals surface area contributed by atoms with Crippen LogP contribution in [0.1, 0.15) is 303 Å². The van der Waals surface area contributed by atoms with E-state index in [1.807, 2.05) is 27.2 Å². The van der Waals surface area contributed by atoms with E-state index >= 15 is 0 Å². The molecule has 0 aliphatic heterocycles. The van der Waals surface area contributed by atoms with Crippen molar-refractivity contribution in [1.29, 1.82) is 0 Å². The molecule has 0 fully saturated rings. The highest BCUT2D eigenvalue weighted by atomic mass is 31.2. The van der Waals surface area contributed by atoms with Crippen LogP contribution in [0.25, 0.3) is 0 Å². The maximum Gasteiger partial charge on any atom is 0.472 e. The second-order valence-electron chi connectivity index (χ2n) is 24.5. The fourth-order valence-corrected chi connectivity index (χ4v) is 10.6. The van der Waals surface area contributed by atoms with Crippen molar-refractivity contribution >= 4 is 13.7 Å². The van der Waals surface area contributed by atoms with Gasteiger partial charge in [0.05, 0.1) is 39.9 Å². The van der Waals surface area contributed by atoms with E-state index in [2.05, 4.69) is 116 Å². The first kappa shape index (κ1) is 80.2. The van der Waals surface area contributed by atoms with Crippen LogP contribution in [0.4, 0.5) is 0 Å². The van der Waals surface area contributed by atoms with Crippen LogP contribution in [0.15, 0.2) is 109 Å². The summed E-state index contributed by atoms with van der Waals surface area (Å²) >= 11 is 0. The van der Waals surface area contributed by atoms with Gasteiger partial charge in [-0.25, -0.2) is 4.57 Å². The fourth-order valence-electron chi connectivity index (χ4n) is 9.88. The van der Waals surface area contributed by atoms with Crippen molar-refractivity contribution in [3.63, 3.8) is 0 Å². The third-order valence-corrected chi connectivity index (χ3v) is 16.2. The van der Waals surface area contributed by atoms with E-state index < -0.39 is 20.0 Å². The molecular formula is C74H134N2O6P+. The molecule has 1 amide bonds. The van der Waals surface area contributed by atoms with Gasteiger partial charge in [-0.05, 0) is 83.5 Å².